The molecule has 76 valence electrons. The first kappa shape index (κ1) is 10.1. The molecule has 0 aliphatic rings. The van der Waals surface area contributed by atoms with E-state index in [-0.39, 0.29) is 0 Å². The van der Waals surface area contributed by atoms with Gasteiger partial charge in [-0.25, -0.2) is 0 Å². The lowest BCUT2D eigenvalue weighted by Gasteiger charge is -2.05. The third kappa shape index (κ3) is 3.03. The van der Waals surface area contributed by atoms with Crippen molar-refractivity contribution in [2.24, 2.45) is 0 Å². The summed E-state index contributed by atoms with van der Waals surface area (Å²) < 4.78 is 3.32. The average Bonchev–Trinajstić information content (AvgIpc) is 2.28. The van der Waals surface area contributed by atoms with Gasteiger partial charge in [-0.05, 0) is 48.7 Å². The van der Waals surface area contributed by atoms with Crippen molar-refractivity contribution < 1.29 is 0 Å². The summed E-state index contributed by atoms with van der Waals surface area (Å²) in [7, 11) is 0. The van der Waals surface area contributed by atoms with Crippen LogP contribution in [-0.4, -0.2) is 0 Å². The second kappa shape index (κ2) is 4.89. The molecule has 15 heavy (non-hydrogen) atoms. The SMILES string of the molecule is Cc1cccc(NSc2ccccc2)c1. The molecule has 0 saturated carbocycles. The van der Waals surface area contributed by atoms with Crippen molar-refractivity contribution in [3.8, 4) is 0 Å². The minimum absolute atomic E-state index is 1.14. The van der Waals surface area contributed by atoms with Gasteiger partial charge in [0.2, 0.25) is 0 Å². The van der Waals surface area contributed by atoms with Crippen LogP contribution in [0.15, 0.2) is 59.5 Å². The maximum atomic E-state index is 3.32. The molecular weight excluding hydrogens is 202 g/mol. The zero-order valence-corrected chi connectivity index (χ0v) is 9.42. The van der Waals surface area contributed by atoms with E-state index in [1.54, 1.807) is 11.9 Å². The van der Waals surface area contributed by atoms with E-state index in [9.17, 15) is 0 Å². The number of anilines is 1. The molecule has 1 nitrogen and oxygen atoms in total. The summed E-state index contributed by atoms with van der Waals surface area (Å²) in [6, 6.07) is 18.7. The summed E-state index contributed by atoms with van der Waals surface area (Å²) in [6.45, 7) is 2.10. The van der Waals surface area contributed by atoms with Crippen molar-refractivity contribution in [3.63, 3.8) is 0 Å². The van der Waals surface area contributed by atoms with Crippen molar-refractivity contribution in [3.05, 3.63) is 60.2 Å². The Morgan fingerprint density at radius 3 is 2.47 bits per heavy atom. The molecule has 2 heteroatoms. The van der Waals surface area contributed by atoms with Crippen molar-refractivity contribution >= 4 is 17.6 Å². The third-order valence-electron chi connectivity index (χ3n) is 2.05. The lowest BCUT2D eigenvalue weighted by molar-refractivity contribution is 1.45. The van der Waals surface area contributed by atoms with Crippen LogP contribution < -0.4 is 4.72 Å². The molecule has 0 heterocycles. The molecule has 0 atom stereocenters. The molecule has 0 aromatic heterocycles. The highest BCUT2D eigenvalue weighted by Crippen LogP contribution is 2.20. The molecule has 0 radical (unpaired) electrons. The largest absolute Gasteiger partial charge is 0.326 e. The lowest BCUT2D eigenvalue weighted by Crippen LogP contribution is -1.86. The van der Waals surface area contributed by atoms with Crippen LogP contribution in [0, 0.1) is 6.92 Å². The lowest BCUT2D eigenvalue weighted by atomic mass is 10.2. The van der Waals surface area contributed by atoms with Crippen LogP contribution in [0.4, 0.5) is 5.69 Å². The van der Waals surface area contributed by atoms with Gasteiger partial charge in [-0.2, -0.15) is 0 Å². The maximum absolute atomic E-state index is 3.32. The Hall–Kier alpha value is -1.41. The summed E-state index contributed by atoms with van der Waals surface area (Å²) in [4.78, 5) is 1.22. The predicted molar refractivity (Wildman–Crippen MR) is 67.1 cm³/mol. The molecule has 2 aromatic carbocycles. The number of aryl methyl sites for hydroxylation is 1. The number of nitrogens with one attached hydrogen (secondary N) is 1. The van der Waals surface area contributed by atoms with E-state index in [2.05, 4.69) is 48.0 Å². The van der Waals surface area contributed by atoms with Crippen LogP contribution in [0.2, 0.25) is 0 Å². The monoisotopic (exact) mass is 215 g/mol. The standard InChI is InChI=1S/C13H13NS/c1-11-6-5-7-12(10-11)14-15-13-8-3-2-4-9-13/h2-10,14H,1H3. The molecule has 1 N–H and O–H groups in total. The first-order valence-electron chi connectivity index (χ1n) is 4.89. The Bertz CT molecular complexity index is 426. The van der Waals surface area contributed by atoms with Gasteiger partial charge in [-0.15, -0.1) is 0 Å². The Kier molecular flexibility index (Phi) is 3.30. The van der Waals surface area contributed by atoms with E-state index < -0.39 is 0 Å². The fourth-order valence-corrected chi connectivity index (χ4v) is 1.97. The van der Waals surface area contributed by atoms with Crippen molar-refractivity contribution in [1.29, 1.82) is 0 Å². The van der Waals surface area contributed by atoms with Crippen LogP contribution in [0.5, 0.6) is 0 Å². The van der Waals surface area contributed by atoms with Crippen LogP contribution >= 0.6 is 11.9 Å². The minimum Gasteiger partial charge on any atom is -0.326 e. The van der Waals surface area contributed by atoms with Crippen molar-refractivity contribution in [2.75, 3.05) is 4.72 Å². The van der Waals surface area contributed by atoms with E-state index in [1.165, 1.54) is 10.5 Å². The van der Waals surface area contributed by atoms with Crippen LogP contribution in [0.1, 0.15) is 5.56 Å². The van der Waals surface area contributed by atoms with Gasteiger partial charge in [-0.1, -0.05) is 30.3 Å². The van der Waals surface area contributed by atoms with Gasteiger partial charge in [0.25, 0.3) is 0 Å². The number of benzene rings is 2. The Morgan fingerprint density at radius 2 is 1.73 bits per heavy atom. The highest BCUT2D eigenvalue weighted by molar-refractivity contribution is 8.00. The Labute approximate surface area is 94.7 Å². The molecule has 0 amide bonds. The summed E-state index contributed by atoms with van der Waals surface area (Å²) in [6.07, 6.45) is 0. The van der Waals surface area contributed by atoms with Gasteiger partial charge in [0.1, 0.15) is 0 Å². The first-order valence-corrected chi connectivity index (χ1v) is 5.71. The molecule has 0 bridgehead atoms. The summed E-state index contributed by atoms with van der Waals surface area (Å²) in [5, 5.41) is 0. The fourth-order valence-electron chi connectivity index (χ4n) is 1.31. The Balaban J connectivity index is 1.99. The quantitative estimate of drug-likeness (QED) is 0.773. The van der Waals surface area contributed by atoms with Gasteiger partial charge >= 0.3 is 0 Å². The molecule has 0 saturated heterocycles. The zero-order chi connectivity index (χ0) is 10.5. The molecule has 0 aliphatic carbocycles. The third-order valence-corrected chi connectivity index (χ3v) is 2.89. The van der Waals surface area contributed by atoms with E-state index in [0.29, 0.717) is 0 Å². The minimum atomic E-state index is 1.14. The zero-order valence-electron chi connectivity index (χ0n) is 8.60. The van der Waals surface area contributed by atoms with Crippen molar-refractivity contribution in [1.82, 2.24) is 0 Å². The van der Waals surface area contributed by atoms with Gasteiger partial charge < -0.3 is 4.72 Å². The molecule has 0 unspecified atom stereocenters. The van der Waals surface area contributed by atoms with E-state index in [0.717, 1.165) is 5.69 Å². The smallest absolute Gasteiger partial charge is 0.0445 e. The highest BCUT2D eigenvalue weighted by Gasteiger charge is 1.93. The molecule has 2 aromatic rings. The van der Waals surface area contributed by atoms with Gasteiger partial charge in [-0.3, -0.25) is 0 Å². The molecule has 0 fully saturated rings. The topological polar surface area (TPSA) is 12.0 Å². The van der Waals surface area contributed by atoms with Gasteiger partial charge in [0.05, 0.1) is 0 Å². The predicted octanol–water partition coefficient (Wildman–Crippen LogP) is 4.11. The summed E-state index contributed by atoms with van der Waals surface area (Å²) in [5.41, 5.74) is 2.41. The van der Waals surface area contributed by atoms with E-state index in [4.69, 9.17) is 0 Å². The number of rotatable bonds is 3. The average molecular weight is 215 g/mol. The van der Waals surface area contributed by atoms with Crippen LogP contribution in [0.25, 0.3) is 0 Å². The van der Waals surface area contributed by atoms with Crippen LogP contribution in [-0.2, 0) is 0 Å². The molecule has 2 rings (SSSR count). The number of hydrogen-bond acceptors (Lipinski definition) is 2. The maximum Gasteiger partial charge on any atom is 0.0445 e. The normalized spacial score (nSPS) is 9.93. The fraction of sp³-hybridized carbons (Fsp3) is 0.0769. The van der Waals surface area contributed by atoms with E-state index >= 15 is 0 Å². The second-order valence-corrected chi connectivity index (χ2v) is 4.27. The molecule has 0 aliphatic heterocycles. The highest BCUT2D eigenvalue weighted by atomic mass is 32.2. The summed E-state index contributed by atoms with van der Waals surface area (Å²) >= 11 is 1.63. The van der Waals surface area contributed by atoms with E-state index in [1.807, 2.05) is 18.2 Å². The summed E-state index contributed by atoms with van der Waals surface area (Å²) in [5.74, 6) is 0. The number of hydrogen-bond donors (Lipinski definition) is 1. The Morgan fingerprint density at radius 1 is 0.933 bits per heavy atom. The van der Waals surface area contributed by atoms with Gasteiger partial charge in [0.15, 0.2) is 0 Å². The second-order valence-electron chi connectivity index (χ2n) is 3.39. The molecular formula is C13H13NS. The van der Waals surface area contributed by atoms with Crippen LogP contribution in [0.3, 0.4) is 0 Å². The van der Waals surface area contributed by atoms with Gasteiger partial charge in [0, 0.05) is 10.6 Å². The van der Waals surface area contributed by atoms with Crippen molar-refractivity contribution in [2.45, 2.75) is 11.8 Å². The molecule has 0 spiro atoms. The first-order chi connectivity index (χ1) is 7.34.